The number of hydrogen-bond donors (Lipinski definition) is 1. The Morgan fingerprint density at radius 2 is 2.24 bits per heavy atom. The molecule has 0 unspecified atom stereocenters. The molecule has 33 heavy (non-hydrogen) atoms. The Bertz CT molecular complexity index is 1540. The summed E-state index contributed by atoms with van der Waals surface area (Å²) in [4.78, 5) is 18.3. The number of likely N-dealkylation sites (N-methyl/N-ethyl adjacent to an activating group) is 1. The number of rotatable bonds is 9. The summed E-state index contributed by atoms with van der Waals surface area (Å²) in [5, 5.41) is 12.7. The number of fused-ring (bicyclic) bond motifs is 1. The molecule has 7 heteroatoms. The van der Waals surface area contributed by atoms with Crippen molar-refractivity contribution in [1.82, 2.24) is 9.88 Å². The first-order valence-corrected chi connectivity index (χ1v) is 10.2. The number of halogens is 1. The standard InChI is InChI=1S/C26H27FN4O2/c1-5-33-25-14-24-22(13-18(25)12-21(32)7-6-10-31(3)4)26(19(15-28)16-29-24)30-20-8-9-23(27)17(2)11-20/h6-9,11,13-14,16H,5,10,12H2,1-4H3,(H,29,30)/b7-6+/i7D,10D2,13D,14D,16D. The molecule has 0 saturated carbocycles. The van der Waals surface area contributed by atoms with E-state index in [1.165, 1.54) is 37.2 Å². The van der Waals surface area contributed by atoms with Crippen molar-refractivity contribution in [2.45, 2.75) is 20.3 Å². The maximum absolute atomic E-state index is 13.9. The van der Waals surface area contributed by atoms with E-state index in [1.807, 2.05) is 6.07 Å². The van der Waals surface area contributed by atoms with Gasteiger partial charge in [0.25, 0.3) is 0 Å². The van der Waals surface area contributed by atoms with Gasteiger partial charge in [-0.05, 0) is 63.8 Å². The highest BCUT2D eigenvalue weighted by Crippen LogP contribution is 2.34. The van der Waals surface area contributed by atoms with Crippen LogP contribution in [0.25, 0.3) is 10.9 Å². The first kappa shape index (κ1) is 16.8. The van der Waals surface area contributed by atoms with Gasteiger partial charge in [0.15, 0.2) is 5.78 Å². The highest BCUT2D eigenvalue weighted by molar-refractivity contribution is 5.98. The van der Waals surface area contributed by atoms with Crippen molar-refractivity contribution in [3.63, 3.8) is 0 Å². The van der Waals surface area contributed by atoms with Crippen LogP contribution in [0.3, 0.4) is 0 Å². The lowest BCUT2D eigenvalue weighted by Gasteiger charge is -2.15. The van der Waals surface area contributed by atoms with Crippen molar-refractivity contribution in [2.24, 2.45) is 0 Å². The number of benzene rings is 2. The van der Waals surface area contributed by atoms with Gasteiger partial charge in [-0.25, -0.2) is 4.39 Å². The van der Waals surface area contributed by atoms with Gasteiger partial charge in [0.05, 0.1) is 28.9 Å². The highest BCUT2D eigenvalue weighted by Gasteiger charge is 2.16. The third-order valence-corrected chi connectivity index (χ3v) is 4.52. The number of carbonyl (C=O) groups is 1. The van der Waals surface area contributed by atoms with Crippen LogP contribution < -0.4 is 10.1 Å². The van der Waals surface area contributed by atoms with Crippen LogP contribution in [0.2, 0.25) is 0 Å². The van der Waals surface area contributed by atoms with Crippen LogP contribution in [-0.2, 0) is 11.2 Å². The SMILES string of the molecule is [2H]/C(=C\C([2H])([2H])N(C)C)C(=O)Cc1c(OCC)c([2H])c2nc([2H])c(C#N)c(Nc3ccc(F)c(C)c3)c2c1[2H]. The fraction of sp³-hybridized carbons (Fsp3) is 0.269. The van der Waals surface area contributed by atoms with Crippen molar-refractivity contribution in [3.8, 4) is 11.8 Å². The fourth-order valence-electron chi connectivity index (χ4n) is 2.99. The molecule has 1 N–H and O–H groups in total. The molecule has 0 aliphatic rings. The van der Waals surface area contributed by atoms with Gasteiger partial charge in [-0.1, -0.05) is 6.08 Å². The predicted octanol–water partition coefficient (Wildman–Crippen LogP) is 4.93. The summed E-state index contributed by atoms with van der Waals surface area (Å²) in [6.45, 7) is 1.19. The highest BCUT2D eigenvalue weighted by atomic mass is 19.1. The van der Waals surface area contributed by atoms with Crippen LogP contribution in [0.15, 0.2) is 48.6 Å². The smallest absolute Gasteiger partial charge is 0.159 e. The Morgan fingerprint density at radius 1 is 1.45 bits per heavy atom. The number of nitrogens with one attached hydrogen (secondary N) is 1. The van der Waals surface area contributed by atoms with E-state index in [1.54, 1.807) is 13.8 Å². The first-order chi connectivity index (χ1) is 18.2. The second kappa shape index (κ2) is 10.7. The summed E-state index contributed by atoms with van der Waals surface area (Å²) >= 11 is 0. The average Bonchev–Trinajstić information content (AvgIpc) is 2.86. The number of ether oxygens (including phenoxy) is 1. The van der Waals surface area contributed by atoms with Crippen molar-refractivity contribution < 1.29 is 22.1 Å². The molecule has 3 aromatic rings. The third-order valence-electron chi connectivity index (χ3n) is 4.52. The molecular formula is C26H27FN4O2. The van der Waals surface area contributed by atoms with E-state index in [0.29, 0.717) is 11.3 Å². The number of hydrogen-bond acceptors (Lipinski definition) is 6. The Balaban J connectivity index is 2.30. The van der Waals surface area contributed by atoms with Gasteiger partial charge in [0, 0.05) is 44.5 Å². The van der Waals surface area contributed by atoms with Gasteiger partial charge in [-0.15, -0.1) is 0 Å². The van der Waals surface area contributed by atoms with Gasteiger partial charge in [-0.3, -0.25) is 9.78 Å². The fourth-order valence-corrected chi connectivity index (χ4v) is 2.99. The molecular weight excluding hydrogens is 419 g/mol. The summed E-state index contributed by atoms with van der Waals surface area (Å²) in [6, 6.07) is 4.75. The zero-order valence-electron chi connectivity index (χ0n) is 24.8. The minimum atomic E-state index is -2.08. The Morgan fingerprint density at radius 3 is 2.91 bits per heavy atom. The largest absolute Gasteiger partial charge is 0.494 e. The summed E-state index contributed by atoms with van der Waals surface area (Å²) < 4.78 is 69.5. The van der Waals surface area contributed by atoms with Crippen LogP contribution in [0.5, 0.6) is 5.75 Å². The molecule has 0 amide bonds. The van der Waals surface area contributed by atoms with E-state index in [2.05, 4.69) is 10.3 Å². The van der Waals surface area contributed by atoms with Gasteiger partial charge >= 0.3 is 0 Å². The number of nitrogens with zero attached hydrogens (tertiary/aromatic N) is 3. The quantitative estimate of drug-likeness (QED) is 0.464. The van der Waals surface area contributed by atoms with Crippen LogP contribution in [0, 0.1) is 24.1 Å². The maximum Gasteiger partial charge on any atom is 0.159 e. The van der Waals surface area contributed by atoms with E-state index in [4.69, 9.17) is 13.0 Å². The normalized spacial score (nSPS) is 14.5. The molecule has 3 rings (SSSR count). The molecule has 170 valence electrons. The molecule has 0 fully saturated rings. The summed E-state index contributed by atoms with van der Waals surface area (Å²) in [5.41, 5.74) is 0.267. The van der Waals surface area contributed by atoms with E-state index >= 15 is 0 Å². The van der Waals surface area contributed by atoms with Crippen molar-refractivity contribution in [2.75, 3.05) is 32.5 Å². The Hall–Kier alpha value is -3.76. The zero-order valence-corrected chi connectivity index (χ0v) is 18.8. The Kier molecular flexibility index (Phi) is 5.46. The molecule has 0 aliphatic carbocycles. The van der Waals surface area contributed by atoms with Crippen LogP contribution >= 0.6 is 0 Å². The lowest BCUT2D eigenvalue weighted by molar-refractivity contribution is -0.114. The topological polar surface area (TPSA) is 78.2 Å². The zero-order chi connectivity index (χ0) is 29.2. The lowest BCUT2D eigenvalue weighted by atomic mass is 10.0. The third kappa shape index (κ3) is 5.93. The van der Waals surface area contributed by atoms with Crippen molar-refractivity contribution >= 4 is 28.1 Å². The minimum Gasteiger partial charge on any atom is -0.494 e. The maximum atomic E-state index is 13.9. The van der Waals surface area contributed by atoms with E-state index in [9.17, 15) is 14.4 Å². The molecule has 0 aliphatic heterocycles. The minimum absolute atomic E-state index is 0.0145. The average molecular weight is 453 g/mol. The first-order valence-electron chi connectivity index (χ1n) is 13.2. The number of aromatic nitrogens is 1. The van der Waals surface area contributed by atoms with E-state index in [0.717, 1.165) is 6.08 Å². The van der Waals surface area contributed by atoms with Gasteiger partial charge in [0.1, 0.15) is 17.6 Å². The predicted molar refractivity (Wildman–Crippen MR) is 128 cm³/mol. The van der Waals surface area contributed by atoms with Crippen LogP contribution in [-0.4, -0.2) is 42.9 Å². The van der Waals surface area contributed by atoms with Gasteiger partial charge < -0.3 is 15.0 Å². The number of carbonyl (C=O) groups excluding carboxylic acids is 1. The summed E-state index contributed by atoms with van der Waals surface area (Å²) in [5.74, 6) is -1.40. The molecule has 0 atom stereocenters. The molecule has 1 heterocycles. The molecule has 0 bridgehead atoms. The monoisotopic (exact) mass is 452 g/mol. The lowest BCUT2D eigenvalue weighted by Crippen LogP contribution is -2.11. The van der Waals surface area contributed by atoms with E-state index in [-0.39, 0.29) is 52.2 Å². The molecule has 1 aromatic heterocycles. The summed E-state index contributed by atoms with van der Waals surface area (Å²) in [6.07, 6.45) is -0.157. The number of nitriles is 1. The molecule has 6 nitrogen and oxygen atoms in total. The number of anilines is 2. The van der Waals surface area contributed by atoms with E-state index < -0.39 is 36.7 Å². The van der Waals surface area contributed by atoms with Crippen LogP contribution in [0.1, 0.15) is 31.8 Å². The van der Waals surface area contributed by atoms with Crippen molar-refractivity contribution in [1.29, 1.82) is 5.26 Å². The number of ketones is 1. The number of aryl methyl sites for hydroxylation is 1. The number of allylic oxidation sites excluding steroid dienone is 1. The van der Waals surface area contributed by atoms with Gasteiger partial charge in [0.2, 0.25) is 0 Å². The molecule has 0 radical (unpaired) electrons. The molecule has 0 spiro atoms. The number of pyridine rings is 1. The molecule has 2 aromatic carbocycles. The van der Waals surface area contributed by atoms with Crippen molar-refractivity contribution in [3.05, 3.63) is 71.1 Å². The molecule has 0 saturated heterocycles. The second-order valence-corrected chi connectivity index (χ2v) is 7.30. The Labute approximate surface area is 201 Å². The second-order valence-electron chi connectivity index (χ2n) is 7.30. The summed E-state index contributed by atoms with van der Waals surface area (Å²) in [7, 11) is 2.91. The van der Waals surface area contributed by atoms with Gasteiger partial charge in [-0.2, -0.15) is 5.26 Å². The van der Waals surface area contributed by atoms with Crippen LogP contribution in [0.4, 0.5) is 15.8 Å².